The van der Waals surface area contributed by atoms with Crippen molar-refractivity contribution in [3.8, 4) is 0 Å². The van der Waals surface area contributed by atoms with E-state index in [0.717, 1.165) is 51.4 Å². The third kappa shape index (κ3) is 31.2. The van der Waals surface area contributed by atoms with Gasteiger partial charge in [-0.05, 0) is 38.5 Å². The molecule has 0 heterocycles. The summed E-state index contributed by atoms with van der Waals surface area (Å²) in [6.45, 7) is 3.47. The van der Waals surface area contributed by atoms with Crippen LogP contribution in [-0.2, 0) is 27.9 Å². The predicted octanol–water partition coefficient (Wildman–Crippen LogP) is 8.58. The zero-order valence-electron chi connectivity index (χ0n) is 28.1. The van der Waals surface area contributed by atoms with Crippen molar-refractivity contribution < 1.29 is 43.0 Å². The summed E-state index contributed by atoms with van der Waals surface area (Å²) in [4.78, 5) is 22.4. The Morgan fingerprint density at radius 3 is 1.75 bits per heavy atom. The lowest BCUT2D eigenvalue weighted by atomic mass is 10.1. The molecular weight excluding hydrogens is 583 g/mol. The van der Waals surface area contributed by atoms with E-state index in [0.29, 0.717) is 6.61 Å². The monoisotopic (exact) mass is 650 g/mol. The molecule has 0 aromatic rings. The van der Waals surface area contributed by atoms with Crippen LogP contribution in [-0.4, -0.2) is 66.3 Å². The minimum Gasteiger partial charge on any atom is -0.457 e. The van der Waals surface area contributed by atoms with Gasteiger partial charge in [-0.15, -0.1) is 0 Å². The zero-order valence-corrected chi connectivity index (χ0v) is 29.0. The molecular formula is C34H67O9P. The molecule has 10 heteroatoms. The van der Waals surface area contributed by atoms with Crippen molar-refractivity contribution in [1.82, 2.24) is 0 Å². The van der Waals surface area contributed by atoms with Crippen LogP contribution < -0.4 is 0 Å². The lowest BCUT2D eigenvalue weighted by molar-refractivity contribution is -0.154. The molecule has 0 aliphatic heterocycles. The molecule has 0 saturated carbocycles. The van der Waals surface area contributed by atoms with Crippen molar-refractivity contribution in [3.05, 3.63) is 12.2 Å². The molecule has 262 valence electrons. The number of unbranched alkanes of at least 4 members (excludes halogenated alkanes) is 18. The Morgan fingerprint density at radius 1 is 0.682 bits per heavy atom. The first-order valence-electron chi connectivity index (χ1n) is 17.7. The Morgan fingerprint density at radius 2 is 1.16 bits per heavy atom. The van der Waals surface area contributed by atoms with E-state index in [9.17, 15) is 19.4 Å². The number of aliphatic hydroxyl groups is 2. The maximum Gasteiger partial charge on any atom is 0.472 e. The maximum absolute atomic E-state index is 12.5. The van der Waals surface area contributed by atoms with E-state index < -0.39 is 39.2 Å². The molecule has 0 amide bonds. The van der Waals surface area contributed by atoms with Crippen LogP contribution in [0.15, 0.2) is 12.2 Å². The zero-order chi connectivity index (χ0) is 32.6. The number of ether oxygens (including phenoxy) is 2. The van der Waals surface area contributed by atoms with Crippen molar-refractivity contribution in [1.29, 1.82) is 0 Å². The molecule has 3 atom stereocenters. The number of allylic oxidation sites excluding steroid dienone is 2. The van der Waals surface area contributed by atoms with Crippen LogP contribution in [0.2, 0.25) is 0 Å². The highest BCUT2D eigenvalue weighted by Gasteiger charge is 2.26. The Kier molecular flexibility index (Phi) is 31.6. The average molecular weight is 651 g/mol. The second-order valence-corrected chi connectivity index (χ2v) is 13.3. The normalized spacial score (nSPS) is 14.6. The van der Waals surface area contributed by atoms with Crippen LogP contribution in [0.5, 0.6) is 0 Å². The van der Waals surface area contributed by atoms with E-state index >= 15 is 0 Å². The van der Waals surface area contributed by atoms with Gasteiger partial charge in [0.2, 0.25) is 0 Å². The van der Waals surface area contributed by atoms with E-state index in [-0.39, 0.29) is 19.6 Å². The van der Waals surface area contributed by atoms with E-state index in [1.165, 1.54) is 83.5 Å². The predicted molar refractivity (Wildman–Crippen MR) is 178 cm³/mol. The third-order valence-corrected chi connectivity index (χ3v) is 8.40. The molecule has 0 fully saturated rings. The van der Waals surface area contributed by atoms with Gasteiger partial charge in [0.15, 0.2) is 0 Å². The molecule has 0 saturated heterocycles. The third-order valence-electron chi connectivity index (χ3n) is 7.45. The molecule has 0 aliphatic rings. The lowest BCUT2D eigenvalue weighted by Crippen LogP contribution is -2.29. The molecule has 0 bridgehead atoms. The van der Waals surface area contributed by atoms with Crippen molar-refractivity contribution in [3.63, 3.8) is 0 Å². The second kappa shape index (κ2) is 32.2. The Labute approximate surface area is 269 Å². The largest absolute Gasteiger partial charge is 0.472 e. The van der Waals surface area contributed by atoms with Crippen LogP contribution in [0.4, 0.5) is 0 Å². The SMILES string of the molecule is CCCCC/C=C\CCCCCCCC(=O)OC(COCCCCCCCCCCCCC)COP(=O)(O)OCC(O)CO. The smallest absolute Gasteiger partial charge is 0.457 e. The number of rotatable bonds is 34. The van der Waals surface area contributed by atoms with Gasteiger partial charge in [0, 0.05) is 13.0 Å². The molecule has 9 nitrogen and oxygen atoms in total. The molecule has 0 rings (SSSR count). The summed E-state index contributed by atoms with van der Waals surface area (Å²) in [6, 6.07) is 0. The van der Waals surface area contributed by atoms with Gasteiger partial charge < -0.3 is 24.6 Å². The van der Waals surface area contributed by atoms with Crippen LogP contribution in [0, 0.1) is 0 Å². The Balaban J connectivity index is 4.28. The summed E-state index contributed by atoms with van der Waals surface area (Å²) in [7, 11) is -4.50. The van der Waals surface area contributed by atoms with Gasteiger partial charge in [-0.25, -0.2) is 4.57 Å². The molecule has 3 N–H and O–H groups in total. The van der Waals surface area contributed by atoms with Crippen molar-refractivity contribution >= 4 is 13.8 Å². The number of hydrogen-bond acceptors (Lipinski definition) is 8. The topological polar surface area (TPSA) is 132 Å². The van der Waals surface area contributed by atoms with E-state index in [1.807, 2.05) is 0 Å². The summed E-state index contributed by atoms with van der Waals surface area (Å²) < 4.78 is 33.1. The van der Waals surface area contributed by atoms with Crippen molar-refractivity contribution in [2.45, 2.75) is 167 Å². The summed E-state index contributed by atoms with van der Waals surface area (Å²) in [5.41, 5.74) is 0. The van der Waals surface area contributed by atoms with Crippen molar-refractivity contribution in [2.24, 2.45) is 0 Å². The molecule has 0 aliphatic carbocycles. The first-order valence-corrected chi connectivity index (χ1v) is 19.2. The Hall–Kier alpha value is -0.800. The van der Waals surface area contributed by atoms with Gasteiger partial charge in [0.25, 0.3) is 0 Å². The number of esters is 1. The van der Waals surface area contributed by atoms with Crippen LogP contribution in [0.25, 0.3) is 0 Å². The summed E-state index contributed by atoms with van der Waals surface area (Å²) in [6.07, 6.45) is 27.4. The number of carbonyl (C=O) groups excluding carboxylic acids is 1. The van der Waals surface area contributed by atoms with Gasteiger partial charge in [-0.1, -0.05) is 122 Å². The molecule has 0 aromatic heterocycles. The molecule has 44 heavy (non-hydrogen) atoms. The van der Waals surface area contributed by atoms with E-state index in [2.05, 4.69) is 26.0 Å². The first kappa shape index (κ1) is 43.2. The highest BCUT2D eigenvalue weighted by Crippen LogP contribution is 2.43. The number of phosphoric ester groups is 1. The summed E-state index contributed by atoms with van der Waals surface area (Å²) >= 11 is 0. The lowest BCUT2D eigenvalue weighted by Gasteiger charge is -2.20. The number of carbonyl (C=O) groups is 1. The second-order valence-electron chi connectivity index (χ2n) is 11.9. The van der Waals surface area contributed by atoms with E-state index in [4.69, 9.17) is 23.6 Å². The molecule has 0 radical (unpaired) electrons. The fraction of sp³-hybridized carbons (Fsp3) is 0.912. The quantitative estimate of drug-likeness (QED) is 0.0271. The minimum absolute atomic E-state index is 0.0503. The van der Waals surface area contributed by atoms with Crippen molar-refractivity contribution in [2.75, 3.05) is 33.0 Å². The van der Waals surface area contributed by atoms with Gasteiger partial charge in [0.1, 0.15) is 12.2 Å². The summed E-state index contributed by atoms with van der Waals surface area (Å²) in [5, 5.41) is 18.2. The van der Waals surface area contributed by atoms with Crippen LogP contribution in [0.1, 0.15) is 155 Å². The van der Waals surface area contributed by atoms with Crippen LogP contribution in [0.3, 0.4) is 0 Å². The van der Waals surface area contributed by atoms with Gasteiger partial charge in [-0.2, -0.15) is 0 Å². The van der Waals surface area contributed by atoms with Crippen LogP contribution >= 0.6 is 7.82 Å². The molecule has 0 aromatic carbocycles. The first-order chi connectivity index (χ1) is 21.3. The van der Waals surface area contributed by atoms with E-state index in [1.54, 1.807) is 0 Å². The number of phosphoric acid groups is 1. The molecule has 3 unspecified atom stereocenters. The standard InChI is InChI=1S/C34H67O9P/c1-3-5-7-9-11-13-15-16-18-20-22-24-26-34(37)43-33(31-42-44(38,39)41-29-32(36)28-35)30-40-27-25-23-21-19-17-14-12-10-8-6-4-2/h11,13,32-33,35-36H,3-10,12,14-31H2,1-2H3,(H,38,39)/b13-11-. The van der Waals surface area contributed by atoms with Gasteiger partial charge in [0.05, 0.1) is 26.4 Å². The average Bonchev–Trinajstić information content (AvgIpc) is 3.01. The number of aliphatic hydroxyl groups excluding tert-OH is 2. The maximum atomic E-state index is 12.5. The number of hydrogen-bond donors (Lipinski definition) is 3. The fourth-order valence-corrected chi connectivity index (χ4v) is 5.49. The Bertz CT molecular complexity index is 704. The highest BCUT2D eigenvalue weighted by atomic mass is 31.2. The minimum atomic E-state index is -4.50. The fourth-order valence-electron chi connectivity index (χ4n) is 4.70. The summed E-state index contributed by atoms with van der Waals surface area (Å²) in [5.74, 6) is -0.392. The van der Waals surface area contributed by atoms with Gasteiger partial charge >= 0.3 is 13.8 Å². The highest BCUT2D eigenvalue weighted by molar-refractivity contribution is 7.47. The molecule has 0 spiro atoms. The van der Waals surface area contributed by atoms with Gasteiger partial charge in [-0.3, -0.25) is 13.8 Å².